The first-order valence-corrected chi connectivity index (χ1v) is 12.4. The molecule has 0 fully saturated rings. The van der Waals surface area contributed by atoms with Gasteiger partial charge in [-0.15, -0.1) is 0 Å². The predicted octanol–water partition coefficient (Wildman–Crippen LogP) is 1.59. The Morgan fingerprint density at radius 1 is 0.488 bits per heavy atom. The van der Waals surface area contributed by atoms with E-state index in [4.69, 9.17) is 15.3 Å². The first kappa shape index (κ1) is 38.9. The van der Waals surface area contributed by atoms with E-state index >= 15 is 0 Å². The third-order valence-corrected chi connectivity index (χ3v) is 4.61. The first-order valence-electron chi connectivity index (χ1n) is 12.4. The molecule has 3 rings (SSSR count). The van der Waals surface area contributed by atoms with E-state index < -0.39 is 17.9 Å². The van der Waals surface area contributed by atoms with E-state index in [1.54, 1.807) is 20.8 Å². The van der Waals surface area contributed by atoms with Crippen LogP contribution in [0.15, 0.2) is 54.6 Å². The van der Waals surface area contributed by atoms with Gasteiger partial charge in [0.05, 0.1) is 0 Å². The van der Waals surface area contributed by atoms with Gasteiger partial charge in [-0.2, -0.15) is 0 Å². The van der Waals surface area contributed by atoms with E-state index in [9.17, 15) is 28.8 Å². The van der Waals surface area contributed by atoms with Crippen molar-refractivity contribution in [1.29, 1.82) is 0 Å². The zero-order valence-electron chi connectivity index (χ0n) is 23.3. The van der Waals surface area contributed by atoms with Gasteiger partial charge in [-0.05, 0) is 57.2 Å². The summed E-state index contributed by atoms with van der Waals surface area (Å²) >= 11 is 0. The van der Waals surface area contributed by atoms with Crippen LogP contribution in [-0.2, 0) is 0 Å². The number of carboxylic acids is 3. The maximum absolute atomic E-state index is 11.3. The van der Waals surface area contributed by atoms with Crippen LogP contribution in [0.1, 0.15) is 83.7 Å². The van der Waals surface area contributed by atoms with Crippen LogP contribution in [0.2, 0.25) is 0 Å². The number of nitrogens with one attached hydrogen (secondary N) is 3. The van der Waals surface area contributed by atoms with Gasteiger partial charge in [-0.1, -0.05) is 18.2 Å². The number of amides is 3. The minimum absolute atomic E-state index is 0. The van der Waals surface area contributed by atoms with Gasteiger partial charge in [0.1, 0.15) is 34.2 Å². The third kappa shape index (κ3) is 14.0. The number of hydrogen-bond acceptors (Lipinski definition) is 9. The number of hydrogen-bond donors (Lipinski definition) is 6. The Morgan fingerprint density at radius 3 is 0.884 bits per heavy atom. The fourth-order valence-electron chi connectivity index (χ4n) is 2.79. The van der Waals surface area contributed by atoms with Crippen molar-refractivity contribution in [2.75, 3.05) is 19.6 Å². The van der Waals surface area contributed by atoms with Crippen molar-refractivity contribution in [2.45, 2.75) is 20.8 Å². The van der Waals surface area contributed by atoms with Crippen molar-refractivity contribution in [3.05, 3.63) is 88.8 Å². The molecule has 0 atom stereocenters. The summed E-state index contributed by atoms with van der Waals surface area (Å²) < 4.78 is 0. The van der Waals surface area contributed by atoms with Gasteiger partial charge in [-0.25, -0.2) is 29.3 Å². The van der Waals surface area contributed by atoms with Crippen LogP contribution >= 0.6 is 0 Å². The van der Waals surface area contributed by atoms with Gasteiger partial charge in [0, 0.05) is 69.0 Å². The molecule has 16 heteroatoms. The summed E-state index contributed by atoms with van der Waals surface area (Å²) in [6, 6.07) is 12.9. The molecule has 0 saturated carbocycles. The summed E-state index contributed by atoms with van der Waals surface area (Å²) in [5.41, 5.74) is -0.0403. The van der Waals surface area contributed by atoms with Crippen molar-refractivity contribution >= 4 is 35.6 Å². The molecule has 6 N–H and O–H groups in total. The summed E-state index contributed by atoms with van der Waals surface area (Å²) in [7, 11) is 0. The van der Waals surface area contributed by atoms with E-state index in [1.807, 2.05) is 0 Å². The van der Waals surface area contributed by atoms with Crippen molar-refractivity contribution in [3.8, 4) is 0 Å². The van der Waals surface area contributed by atoms with Gasteiger partial charge >= 0.3 is 17.9 Å². The standard InChI is InChI=1S/3C9H10N2O3.Eu/c3*1-2-10-8(12)6-4-3-5-7(11-6)9(13)14;/h3*3-5H,2H2,1H3,(H,10,12)(H,13,14);. The topological polar surface area (TPSA) is 238 Å². The molecule has 3 heterocycles. The molecular weight excluding hydrogens is 704 g/mol. The Kier molecular flexibility index (Phi) is 18.7. The van der Waals surface area contributed by atoms with Crippen LogP contribution in [0, 0.1) is 49.4 Å². The largest absolute Gasteiger partial charge is 0.477 e. The number of nitrogens with zero attached hydrogens (tertiary/aromatic N) is 3. The van der Waals surface area contributed by atoms with Crippen molar-refractivity contribution in [1.82, 2.24) is 30.9 Å². The molecule has 229 valence electrons. The number of carboxylic acid groups (broad SMARTS) is 3. The number of rotatable bonds is 9. The van der Waals surface area contributed by atoms with Gasteiger partial charge in [0.25, 0.3) is 17.7 Å². The Bertz CT molecular complexity index is 1270. The van der Waals surface area contributed by atoms with Crippen molar-refractivity contribution < 1.29 is 93.5 Å². The Morgan fingerprint density at radius 2 is 0.698 bits per heavy atom. The second-order valence-corrected chi connectivity index (χ2v) is 7.72. The maximum atomic E-state index is 11.3. The second kappa shape index (κ2) is 20.7. The molecule has 0 aliphatic rings. The molecule has 0 aliphatic heterocycles. The summed E-state index contributed by atoms with van der Waals surface area (Å²) in [6.07, 6.45) is 0. The molecular formula is C27H30EuN6O9. The minimum Gasteiger partial charge on any atom is -0.477 e. The molecule has 0 unspecified atom stereocenters. The summed E-state index contributed by atoms with van der Waals surface area (Å²) in [5.74, 6) is -4.52. The average molecular weight is 735 g/mol. The predicted molar refractivity (Wildman–Crippen MR) is 148 cm³/mol. The van der Waals surface area contributed by atoms with E-state index in [-0.39, 0.29) is 101 Å². The molecule has 3 amide bonds. The normalized spacial score (nSPS) is 9.28. The summed E-state index contributed by atoms with van der Waals surface area (Å²) in [5, 5.41) is 33.5. The number of carbonyl (C=O) groups excluding carboxylic acids is 3. The number of pyridine rings is 3. The monoisotopic (exact) mass is 735 g/mol. The second-order valence-electron chi connectivity index (χ2n) is 7.72. The molecule has 15 nitrogen and oxygen atoms in total. The summed E-state index contributed by atoms with van der Waals surface area (Å²) in [4.78, 5) is 76.4. The quantitative estimate of drug-likeness (QED) is 0.184. The molecule has 0 aliphatic carbocycles. The van der Waals surface area contributed by atoms with E-state index in [0.29, 0.717) is 19.6 Å². The van der Waals surface area contributed by atoms with Gasteiger partial charge < -0.3 is 31.3 Å². The Hall–Kier alpha value is -4.15. The van der Waals surface area contributed by atoms with Gasteiger partial charge in [0.2, 0.25) is 0 Å². The first-order chi connectivity index (χ1) is 19.9. The van der Waals surface area contributed by atoms with Crippen LogP contribution in [0.3, 0.4) is 0 Å². The number of carbonyl (C=O) groups is 6. The molecule has 3 aromatic rings. The van der Waals surface area contributed by atoms with E-state index in [1.165, 1.54) is 54.6 Å². The molecule has 0 bridgehead atoms. The van der Waals surface area contributed by atoms with E-state index in [2.05, 4.69) is 30.9 Å². The van der Waals surface area contributed by atoms with Crippen molar-refractivity contribution in [3.63, 3.8) is 0 Å². The molecule has 3 aromatic heterocycles. The average Bonchev–Trinajstić information content (AvgIpc) is 2.98. The fraction of sp³-hybridized carbons (Fsp3) is 0.222. The molecule has 1 radical (unpaired) electrons. The smallest absolute Gasteiger partial charge is 0.354 e. The molecule has 0 spiro atoms. The molecule has 43 heavy (non-hydrogen) atoms. The third-order valence-electron chi connectivity index (χ3n) is 4.61. The van der Waals surface area contributed by atoms with E-state index in [0.717, 1.165) is 0 Å². The number of aromatic nitrogens is 3. The molecule has 0 saturated heterocycles. The van der Waals surface area contributed by atoms with Crippen LogP contribution in [0.4, 0.5) is 0 Å². The van der Waals surface area contributed by atoms with Gasteiger partial charge in [0.15, 0.2) is 0 Å². The molecule has 0 aromatic carbocycles. The maximum Gasteiger partial charge on any atom is 0.354 e. The van der Waals surface area contributed by atoms with Crippen LogP contribution in [0.5, 0.6) is 0 Å². The van der Waals surface area contributed by atoms with Crippen LogP contribution in [-0.4, -0.2) is 85.5 Å². The minimum atomic E-state index is -1.14. The Balaban J connectivity index is 0.000000608. The fourth-order valence-corrected chi connectivity index (χ4v) is 2.79. The zero-order chi connectivity index (χ0) is 31.7. The Labute approximate surface area is 287 Å². The summed E-state index contributed by atoms with van der Waals surface area (Å²) in [6.45, 7) is 6.78. The van der Waals surface area contributed by atoms with Crippen molar-refractivity contribution in [2.24, 2.45) is 0 Å². The van der Waals surface area contributed by atoms with Crippen LogP contribution in [0.25, 0.3) is 0 Å². The zero-order valence-corrected chi connectivity index (χ0v) is 25.8. The van der Waals surface area contributed by atoms with Gasteiger partial charge in [-0.3, -0.25) is 14.4 Å². The van der Waals surface area contributed by atoms with Crippen LogP contribution < -0.4 is 16.0 Å². The SMILES string of the molecule is CCNC(=O)c1cccc(C(=O)O)n1.CCNC(=O)c1cccc(C(=O)O)n1.CCNC(=O)c1cccc(C(=O)O)n1.[Eu]. The number of aromatic carboxylic acids is 3.